The standard InChI is InChI=1S/C27H28Cl2N8O/c1-19(32-18-26(38)35-9-11-36(12-10-35)27-22(28)15-31-16-23(27)29)37-8-6-30-17-25(37)33-14-20-3-4-24-21(13-20)5-7-34(24)2/h3-8,13,15-17,32H,1,9-12,14,18H2,2H3. The molecule has 9 nitrogen and oxygen atoms in total. The molecule has 1 N–H and O–H groups in total. The van der Waals surface area contributed by atoms with Gasteiger partial charge in [-0.25, -0.2) is 0 Å². The van der Waals surface area contributed by atoms with Crippen molar-refractivity contribution >= 4 is 51.5 Å². The second kappa shape index (κ2) is 11.3. The van der Waals surface area contributed by atoms with E-state index in [2.05, 4.69) is 55.6 Å². The van der Waals surface area contributed by atoms with E-state index in [1.807, 2.05) is 18.1 Å². The lowest BCUT2D eigenvalue weighted by Gasteiger charge is -2.36. The van der Waals surface area contributed by atoms with Crippen molar-refractivity contribution < 1.29 is 4.79 Å². The molecular weight excluding hydrogens is 523 g/mol. The van der Waals surface area contributed by atoms with Crippen LogP contribution >= 0.6 is 23.2 Å². The Morgan fingerprint density at radius 1 is 1.05 bits per heavy atom. The quantitative estimate of drug-likeness (QED) is 0.380. The average Bonchev–Trinajstić information content (AvgIpc) is 3.30. The number of nitrogens with one attached hydrogen (secondary N) is 1. The number of nitrogens with zero attached hydrogens (tertiary/aromatic N) is 7. The van der Waals surface area contributed by atoms with Gasteiger partial charge in [-0.1, -0.05) is 35.8 Å². The van der Waals surface area contributed by atoms with Gasteiger partial charge in [-0.3, -0.25) is 24.3 Å². The zero-order valence-corrected chi connectivity index (χ0v) is 22.5. The van der Waals surface area contributed by atoms with Gasteiger partial charge < -0.3 is 19.7 Å². The van der Waals surface area contributed by atoms with Gasteiger partial charge in [0.2, 0.25) is 5.91 Å². The summed E-state index contributed by atoms with van der Waals surface area (Å²) in [6.45, 7) is 7.13. The van der Waals surface area contributed by atoms with Crippen LogP contribution in [0.3, 0.4) is 0 Å². The van der Waals surface area contributed by atoms with Crippen molar-refractivity contribution in [1.29, 1.82) is 0 Å². The van der Waals surface area contributed by atoms with Crippen LogP contribution in [0.5, 0.6) is 0 Å². The van der Waals surface area contributed by atoms with Crippen LogP contribution in [0.1, 0.15) is 5.56 Å². The number of amides is 1. The van der Waals surface area contributed by atoms with Gasteiger partial charge in [-0.05, 0) is 29.1 Å². The molecule has 0 bridgehead atoms. The molecule has 0 atom stereocenters. The Bertz CT molecular complexity index is 1530. The molecule has 1 saturated heterocycles. The summed E-state index contributed by atoms with van der Waals surface area (Å²) in [5.74, 6) is 0.536. The summed E-state index contributed by atoms with van der Waals surface area (Å²) >= 11 is 12.6. The highest BCUT2D eigenvalue weighted by molar-refractivity contribution is 6.38. The third kappa shape index (κ3) is 5.54. The number of hydrogen-bond donors (Lipinski definition) is 1. The largest absolute Gasteiger partial charge is 0.365 e. The number of anilines is 1. The Balaban J connectivity index is 1.19. The minimum absolute atomic E-state index is 0.0120. The lowest BCUT2D eigenvalue weighted by atomic mass is 10.1. The molecule has 4 aromatic rings. The van der Waals surface area contributed by atoms with Crippen LogP contribution in [0.15, 0.2) is 73.0 Å². The lowest BCUT2D eigenvalue weighted by Crippen LogP contribution is -2.51. The summed E-state index contributed by atoms with van der Waals surface area (Å²) in [6, 6.07) is 8.41. The number of piperazine rings is 1. The fourth-order valence-electron chi connectivity index (χ4n) is 4.56. The second-order valence-corrected chi connectivity index (χ2v) is 9.87. The molecule has 0 saturated carbocycles. The fourth-order valence-corrected chi connectivity index (χ4v) is 5.16. The van der Waals surface area contributed by atoms with Crippen molar-refractivity contribution in [3.8, 4) is 0 Å². The maximum absolute atomic E-state index is 12.9. The second-order valence-electron chi connectivity index (χ2n) is 9.06. The Morgan fingerprint density at radius 3 is 2.58 bits per heavy atom. The first kappa shape index (κ1) is 25.8. The van der Waals surface area contributed by atoms with Crippen LogP contribution in [0.2, 0.25) is 10.0 Å². The molecule has 196 valence electrons. The van der Waals surface area contributed by atoms with Gasteiger partial charge in [0.15, 0.2) is 5.49 Å². The first-order valence-corrected chi connectivity index (χ1v) is 13.0. The molecule has 11 heteroatoms. The number of carbonyl (C=O) groups is 1. The van der Waals surface area contributed by atoms with E-state index in [1.54, 1.807) is 35.6 Å². The van der Waals surface area contributed by atoms with Gasteiger partial charge in [0.25, 0.3) is 0 Å². The van der Waals surface area contributed by atoms with Gasteiger partial charge in [-0.2, -0.15) is 0 Å². The molecule has 0 aliphatic carbocycles. The van der Waals surface area contributed by atoms with Gasteiger partial charge in [0.05, 0.1) is 35.0 Å². The Labute approximate surface area is 230 Å². The molecule has 1 aliphatic heterocycles. The van der Waals surface area contributed by atoms with E-state index < -0.39 is 0 Å². The predicted octanol–water partition coefficient (Wildman–Crippen LogP) is 3.54. The van der Waals surface area contributed by atoms with E-state index in [1.165, 1.54) is 10.9 Å². The third-order valence-corrected chi connectivity index (χ3v) is 7.18. The van der Waals surface area contributed by atoms with E-state index >= 15 is 0 Å². The Kier molecular flexibility index (Phi) is 7.67. The number of fused-ring (bicyclic) bond motifs is 1. The third-order valence-electron chi connectivity index (χ3n) is 6.62. The number of benzene rings is 1. The molecule has 38 heavy (non-hydrogen) atoms. The molecular formula is C27H28Cl2N8O. The molecule has 1 fully saturated rings. The summed E-state index contributed by atoms with van der Waals surface area (Å²) in [7, 11) is 2.03. The topological polar surface area (TPSA) is 83.6 Å². The Morgan fingerprint density at radius 2 is 1.82 bits per heavy atom. The van der Waals surface area contributed by atoms with E-state index in [4.69, 9.17) is 28.2 Å². The number of halogens is 2. The van der Waals surface area contributed by atoms with E-state index in [9.17, 15) is 4.79 Å². The van der Waals surface area contributed by atoms with Gasteiger partial charge in [0.1, 0.15) is 5.82 Å². The number of aromatic nitrogens is 4. The minimum Gasteiger partial charge on any atom is -0.365 e. The minimum atomic E-state index is -0.0120. The summed E-state index contributed by atoms with van der Waals surface area (Å²) in [4.78, 5) is 29.8. The number of carbonyl (C=O) groups excluding carboxylic acids is 1. The van der Waals surface area contributed by atoms with Crippen molar-refractivity contribution in [2.45, 2.75) is 6.54 Å². The van der Waals surface area contributed by atoms with Crippen LogP contribution in [-0.2, 0) is 18.4 Å². The van der Waals surface area contributed by atoms with Crippen molar-refractivity contribution in [3.05, 3.63) is 89.1 Å². The van der Waals surface area contributed by atoms with E-state index in [0.29, 0.717) is 54.1 Å². The first-order chi connectivity index (χ1) is 18.4. The molecule has 4 heterocycles. The van der Waals surface area contributed by atoms with Crippen molar-refractivity contribution in [1.82, 2.24) is 29.3 Å². The van der Waals surface area contributed by atoms with Crippen LogP contribution in [0.25, 0.3) is 16.7 Å². The van der Waals surface area contributed by atoms with Crippen LogP contribution in [0.4, 0.5) is 5.69 Å². The average molecular weight is 551 g/mol. The summed E-state index contributed by atoms with van der Waals surface area (Å²) < 4.78 is 3.89. The summed E-state index contributed by atoms with van der Waals surface area (Å²) in [5.41, 5.74) is 3.68. The fraction of sp³-hybridized carbons (Fsp3) is 0.259. The van der Waals surface area contributed by atoms with Crippen LogP contribution in [-0.4, -0.2) is 62.6 Å². The summed E-state index contributed by atoms with van der Waals surface area (Å²) in [6.07, 6.45) is 10.3. The van der Waals surface area contributed by atoms with Gasteiger partial charge in [-0.15, -0.1) is 0 Å². The molecule has 3 aromatic heterocycles. The predicted molar refractivity (Wildman–Crippen MR) is 151 cm³/mol. The zero-order valence-electron chi connectivity index (χ0n) is 21.0. The molecule has 5 rings (SSSR count). The number of rotatable bonds is 7. The highest BCUT2D eigenvalue weighted by Gasteiger charge is 2.24. The summed E-state index contributed by atoms with van der Waals surface area (Å²) in [5, 5.41) is 5.33. The number of hydrogen-bond acceptors (Lipinski definition) is 6. The van der Waals surface area contributed by atoms with Gasteiger partial charge >= 0.3 is 0 Å². The van der Waals surface area contributed by atoms with E-state index in [-0.39, 0.29) is 12.5 Å². The number of pyridine rings is 1. The van der Waals surface area contributed by atoms with Crippen molar-refractivity contribution in [3.63, 3.8) is 0 Å². The smallest absolute Gasteiger partial charge is 0.242 e. The van der Waals surface area contributed by atoms with E-state index in [0.717, 1.165) is 11.3 Å². The molecule has 0 unspecified atom stereocenters. The highest BCUT2D eigenvalue weighted by atomic mass is 35.5. The lowest BCUT2D eigenvalue weighted by molar-refractivity contribution is -0.130. The van der Waals surface area contributed by atoms with Crippen molar-refractivity contribution in [2.75, 3.05) is 37.6 Å². The first-order valence-electron chi connectivity index (χ1n) is 12.2. The maximum atomic E-state index is 12.9. The van der Waals surface area contributed by atoms with Crippen LogP contribution < -0.4 is 15.7 Å². The molecule has 1 aliphatic rings. The SMILES string of the molecule is C=C(NCC(=O)N1CCN(c2c(Cl)cncc2Cl)CC1)n1ccncc1=NCc1ccc2c(ccn2C)c1. The van der Waals surface area contributed by atoms with Crippen molar-refractivity contribution in [2.24, 2.45) is 12.0 Å². The normalized spacial score (nSPS) is 14.2. The van der Waals surface area contributed by atoms with Crippen LogP contribution in [0, 0.1) is 0 Å². The van der Waals surface area contributed by atoms with Gasteiger partial charge in [0, 0.05) is 69.7 Å². The number of aryl methyl sites for hydroxylation is 1. The zero-order chi connectivity index (χ0) is 26.6. The molecule has 1 aromatic carbocycles. The molecule has 0 radical (unpaired) electrons. The Hall–Kier alpha value is -3.82. The maximum Gasteiger partial charge on any atom is 0.242 e. The molecule has 0 spiro atoms. The molecule has 1 amide bonds. The monoisotopic (exact) mass is 550 g/mol. The highest BCUT2D eigenvalue weighted by Crippen LogP contribution is 2.33.